The number of carboxylic acid groups (broad SMARTS) is 3. The molecule has 0 aromatic carbocycles. The maximum absolute atomic E-state index is 10.3. The monoisotopic (exact) mass is 190 g/mol. The van der Waals surface area contributed by atoms with Crippen molar-refractivity contribution < 1.29 is 34.4 Å². The molecule has 0 aliphatic heterocycles. The molecule has 72 valence electrons. The van der Waals surface area contributed by atoms with E-state index in [1.165, 1.54) is 0 Å². The molecular formula is C6H6O7. The summed E-state index contributed by atoms with van der Waals surface area (Å²) in [4.78, 5) is 30.8. The standard InChI is InChI=1S/C6H6O7/c1-13-3(6(11)12)2(4(7)8)5(9)10/h1H3,(H,7,8)(H,9,10)(H,11,12). The lowest BCUT2D eigenvalue weighted by Crippen LogP contribution is -2.19. The second-order valence-electron chi connectivity index (χ2n) is 1.82. The summed E-state index contributed by atoms with van der Waals surface area (Å²) in [6, 6.07) is 0. The molecule has 0 saturated heterocycles. The highest BCUT2D eigenvalue weighted by Crippen LogP contribution is 2.06. The molecule has 0 aliphatic carbocycles. The molecule has 0 aromatic rings. The quantitative estimate of drug-likeness (QED) is 0.228. The van der Waals surface area contributed by atoms with Crippen LogP contribution in [0, 0.1) is 0 Å². The van der Waals surface area contributed by atoms with Crippen LogP contribution in [0.15, 0.2) is 11.3 Å². The predicted molar refractivity (Wildman–Crippen MR) is 36.9 cm³/mol. The van der Waals surface area contributed by atoms with Gasteiger partial charge in [-0.2, -0.15) is 0 Å². The van der Waals surface area contributed by atoms with Crippen molar-refractivity contribution in [1.82, 2.24) is 0 Å². The van der Waals surface area contributed by atoms with Gasteiger partial charge in [-0.25, -0.2) is 14.4 Å². The number of ether oxygens (including phenoxy) is 1. The number of hydrogen-bond donors (Lipinski definition) is 3. The third kappa shape index (κ3) is 2.47. The molecule has 0 aliphatic rings. The van der Waals surface area contributed by atoms with Crippen molar-refractivity contribution in [3.8, 4) is 0 Å². The van der Waals surface area contributed by atoms with Crippen LogP contribution >= 0.6 is 0 Å². The zero-order chi connectivity index (χ0) is 10.6. The summed E-state index contributed by atoms with van der Waals surface area (Å²) in [5.74, 6) is -6.60. The van der Waals surface area contributed by atoms with Crippen LogP contribution in [0.5, 0.6) is 0 Å². The van der Waals surface area contributed by atoms with Crippen LogP contribution < -0.4 is 0 Å². The Hall–Kier alpha value is -2.05. The van der Waals surface area contributed by atoms with Gasteiger partial charge in [0, 0.05) is 0 Å². The minimum Gasteiger partial charge on any atom is -0.489 e. The van der Waals surface area contributed by atoms with Gasteiger partial charge in [0.15, 0.2) is 5.57 Å². The first-order chi connectivity index (χ1) is 5.91. The van der Waals surface area contributed by atoms with Crippen LogP contribution in [0.1, 0.15) is 0 Å². The summed E-state index contributed by atoms with van der Waals surface area (Å²) in [5, 5.41) is 25.0. The summed E-state index contributed by atoms with van der Waals surface area (Å²) in [6.45, 7) is 0. The molecule has 0 spiro atoms. The molecule has 3 N–H and O–H groups in total. The van der Waals surface area contributed by atoms with Gasteiger partial charge < -0.3 is 20.1 Å². The Kier molecular flexibility index (Phi) is 3.45. The molecule has 0 bridgehead atoms. The summed E-state index contributed by atoms with van der Waals surface area (Å²) >= 11 is 0. The first kappa shape index (κ1) is 11.0. The fourth-order valence-corrected chi connectivity index (χ4v) is 0.582. The van der Waals surface area contributed by atoms with E-state index in [1.54, 1.807) is 0 Å². The topological polar surface area (TPSA) is 121 Å². The first-order valence-corrected chi connectivity index (χ1v) is 2.90. The first-order valence-electron chi connectivity index (χ1n) is 2.90. The van der Waals surface area contributed by atoms with E-state index in [1.807, 2.05) is 0 Å². The highest BCUT2D eigenvalue weighted by Gasteiger charge is 2.27. The van der Waals surface area contributed by atoms with Crippen molar-refractivity contribution >= 4 is 17.9 Å². The second-order valence-corrected chi connectivity index (χ2v) is 1.82. The van der Waals surface area contributed by atoms with E-state index < -0.39 is 29.2 Å². The van der Waals surface area contributed by atoms with E-state index in [0.29, 0.717) is 0 Å². The number of carbonyl (C=O) groups is 3. The van der Waals surface area contributed by atoms with E-state index in [2.05, 4.69) is 4.74 Å². The van der Waals surface area contributed by atoms with Crippen molar-refractivity contribution in [3.63, 3.8) is 0 Å². The zero-order valence-electron chi connectivity index (χ0n) is 6.47. The van der Waals surface area contributed by atoms with Crippen LogP contribution in [-0.2, 0) is 19.1 Å². The molecule has 0 fully saturated rings. The van der Waals surface area contributed by atoms with Crippen LogP contribution in [0.4, 0.5) is 0 Å². The van der Waals surface area contributed by atoms with Crippen LogP contribution in [0.3, 0.4) is 0 Å². The average Bonchev–Trinajstić information content (AvgIpc) is 1.97. The van der Waals surface area contributed by atoms with Gasteiger partial charge in [0.1, 0.15) is 0 Å². The molecule has 0 radical (unpaired) electrons. The lowest BCUT2D eigenvalue weighted by molar-refractivity contribution is -0.144. The summed E-state index contributed by atoms with van der Waals surface area (Å²) in [6.07, 6.45) is 0. The molecule has 0 heterocycles. The molecule has 0 saturated carbocycles. The molecule has 7 nitrogen and oxygen atoms in total. The second kappa shape index (κ2) is 4.10. The SMILES string of the molecule is COC(C(=O)O)=C(C(=O)O)C(=O)O. The fraction of sp³-hybridized carbons (Fsp3) is 0.167. The number of rotatable bonds is 4. The maximum Gasteiger partial charge on any atom is 0.372 e. The molecule has 0 rings (SSSR count). The molecule has 13 heavy (non-hydrogen) atoms. The average molecular weight is 190 g/mol. The van der Waals surface area contributed by atoms with E-state index in [4.69, 9.17) is 15.3 Å². The molecule has 0 amide bonds. The third-order valence-electron chi connectivity index (χ3n) is 1.05. The smallest absolute Gasteiger partial charge is 0.372 e. The van der Waals surface area contributed by atoms with Gasteiger partial charge in [0.25, 0.3) is 0 Å². The number of hydrogen-bond acceptors (Lipinski definition) is 4. The lowest BCUT2D eigenvalue weighted by Gasteiger charge is -2.02. The Morgan fingerprint density at radius 1 is 0.923 bits per heavy atom. The van der Waals surface area contributed by atoms with Crippen LogP contribution in [-0.4, -0.2) is 40.3 Å². The molecule has 0 atom stereocenters. The van der Waals surface area contributed by atoms with E-state index >= 15 is 0 Å². The Morgan fingerprint density at radius 2 is 1.31 bits per heavy atom. The summed E-state index contributed by atoms with van der Waals surface area (Å²) in [7, 11) is 0.870. The summed E-state index contributed by atoms with van der Waals surface area (Å²) < 4.78 is 4.11. The van der Waals surface area contributed by atoms with Gasteiger partial charge in [-0.15, -0.1) is 0 Å². The minimum absolute atomic E-state index is 0.870. The van der Waals surface area contributed by atoms with Gasteiger partial charge in [-0.3, -0.25) is 0 Å². The zero-order valence-corrected chi connectivity index (χ0v) is 6.47. The van der Waals surface area contributed by atoms with Crippen molar-refractivity contribution in [3.05, 3.63) is 11.3 Å². The lowest BCUT2D eigenvalue weighted by atomic mass is 10.2. The highest BCUT2D eigenvalue weighted by molar-refractivity contribution is 6.16. The fourth-order valence-electron chi connectivity index (χ4n) is 0.582. The van der Waals surface area contributed by atoms with E-state index in [-0.39, 0.29) is 0 Å². The van der Waals surface area contributed by atoms with Gasteiger partial charge >= 0.3 is 17.9 Å². The Labute approximate surface area is 71.9 Å². The van der Waals surface area contributed by atoms with Crippen LogP contribution in [0.2, 0.25) is 0 Å². The molecule has 7 heteroatoms. The molecular weight excluding hydrogens is 184 g/mol. The minimum atomic E-state index is -1.87. The van der Waals surface area contributed by atoms with E-state index in [0.717, 1.165) is 7.11 Å². The van der Waals surface area contributed by atoms with Gasteiger partial charge in [-0.05, 0) is 0 Å². The molecule has 0 unspecified atom stereocenters. The third-order valence-corrected chi connectivity index (χ3v) is 1.05. The Balaban J connectivity index is 5.40. The number of carboxylic acids is 3. The van der Waals surface area contributed by atoms with Gasteiger partial charge in [0.05, 0.1) is 7.11 Å². The Morgan fingerprint density at radius 3 is 1.38 bits per heavy atom. The van der Waals surface area contributed by atoms with Crippen molar-refractivity contribution in [1.29, 1.82) is 0 Å². The van der Waals surface area contributed by atoms with E-state index in [9.17, 15) is 14.4 Å². The van der Waals surface area contributed by atoms with Crippen molar-refractivity contribution in [2.75, 3.05) is 7.11 Å². The Bertz CT molecular complexity index is 271. The summed E-state index contributed by atoms with van der Waals surface area (Å²) in [5.41, 5.74) is -1.31. The number of methoxy groups -OCH3 is 1. The van der Waals surface area contributed by atoms with Gasteiger partial charge in [0.2, 0.25) is 5.76 Å². The normalized spacial score (nSPS) is 8.69. The maximum atomic E-state index is 10.3. The molecule has 0 aromatic heterocycles. The highest BCUT2D eigenvalue weighted by atomic mass is 16.5. The van der Waals surface area contributed by atoms with Gasteiger partial charge in [-0.1, -0.05) is 0 Å². The van der Waals surface area contributed by atoms with Crippen molar-refractivity contribution in [2.24, 2.45) is 0 Å². The van der Waals surface area contributed by atoms with Crippen LogP contribution in [0.25, 0.3) is 0 Å². The predicted octanol–water partition coefficient (Wildman–Crippen LogP) is -0.859. The largest absolute Gasteiger partial charge is 0.489 e. The number of aliphatic carboxylic acids is 3. The van der Waals surface area contributed by atoms with Crippen molar-refractivity contribution in [2.45, 2.75) is 0 Å².